The molecule has 142 valence electrons. The van der Waals surface area contributed by atoms with Crippen LogP contribution in [0.4, 0.5) is 5.13 Å². The number of para-hydroxylation sites is 1. The van der Waals surface area contributed by atoms with E-state index in [0.717, 1.165) is 29.2 Å². The number of aromatic nitrogens is 1. The number of aromatic hydroxyl groups is 1. The summed E-state index contributed by atoms with van der Waals surface area (Å²) in [5.74, 6) is 0.656. The van der Waals surface area contributed by atoms with Crippen LogP contribution in [0.1, 0.15) is 34.9 Å². The molecule has 0 radical (unpaired) electrons. The Bertz CT molecular complexity index is 934. The van der Waals surface area contributed by atoms with Gasteiger partial charge in [-0.25, -0.2) is 4.98 Å². The van der Waals surface area contributed by atoms with Gasteiger partial charge in [0.05, 0.1) is 12.8 Å². The number of thiazole rings is 1. The summed E-state index contributed by atoms with van der Waals surface area (Å²) in [6.45, 7) is 6.92. The predicted molar refractivity (Wildman–Crippen MR) is 113 cm³/mol. The topological polar surface area (TPSA) is 54.4 Å². The molecule has 0 saturated heterocycles. The number of rotatable bonds is 7. The molecule has 0 aliphatic rings. The Morgan fingerprint density at radius 1 is 1.19 bits per heavy atom. The molecule has 0 amide bonds. The Morgan fingerprint density at radius 3 is 2.74 bits per heavy atom. The molecule has 27 heavy (non-hydrogen) atoms. The van der Waals surface area contributed by atoms with Crippen LogP contribution in [-0.2, 0) is 13.0 Å². The molecule has 0 saturated carbocycles. The minimum absolute atomic E-state index is 0.174. The lowest BCUT2D eigenvalue weighted by Crippen LogP contribution is -2.00. The molecule has 0 aliphatic carbocycles. The van der Waals surface area contributed by atoms with Gasteiger partial charge >= 0.3 is 0 Å². The first-order valence-corrected chi connectivity index (χ1v) is 10.0. The smallest absolute Gasteiger partial charge is 0.183 e. The number of phenols is 1. The molecule has 0 spiro atoms. The van der Waals surface area contributed by atoms with Crippen LogP contribution in [0.3, 0.4) is 0 Å². The maximum absolute atomic E-state index is 10.3. The monoisotopic (exact) mass is 382 g/mol. The molecule has 4 nitrogen and oxygen atoms in total. The number of hydrogen-bond donors (Lipinski definition) is 2. The van der Waals surface area contributed by atoms with Gasteiger partial charge in [-0.3, -0.25) is 0 Å². The molecular weight excluding hydrogens is 356 g/mol. The standard InChI is InChI=1S/C22H26N2O2S/c1-5-7-19-20(17-12-14(2)10-11-15(17)3)24-22(27-19)23-13-16-8-6-9-18(26-4)21(16)25/h6,8-12,25H,5,7,13H2,1-4H3,(H,23,24). The fourth-order valence-electron chi connectivity index (χ4n) is 3.07. The van der Waals surface area contributed by atoms with Crippen LogP contribution < -0.4 is 10.1 Å². The normalized spacial score (nSPS) is 10.8. The lowest BCUT2D eigenvalue weighted by molar-refractivity contribution is 0.371. The van der Waals surface area contributed by atoms with Crippen LogP contribution in [0.5, 0.6) is 11.5 Å². The van der Waals surface area contributed by atoms with Crippen molar-refractivity contribution in [2.75, 3.05) is 12.4 Å². The highest BCUT2D eigenvalue weighted by atomic mass is 32.1. The SMILES string of the molecule is CCCc1sc(NCc2cccc(OC)c2O)nc1-c1cc(C)ccc1C. The summed E-state index contributed by atoms with van der Waals surface area (Å²) in [4.78, 5) is 6.18. The first-order chi connectivity index (χ1) is 13.0. The summed E-state index contributed by atoms with van der Waals surface area (Å²) < 4.78 is 5.18. The average Bonchev–Trinajstić information content (AvgIpc) is 3.06. The molecule has 3 rings (SSSR count). The Balaban J connectivity index is 1.88. The van der Waals surface area contributed by atoms with Gasteiger partial charge in [-0.15, -0.1) is 11.3 Å². The van der Waals surface area contributed by atoms with Gasteiger partial charge in [-0.05, 0) is 38.0 Å². The third-order valence-corrected chi connectivity index (χ3v) is 5.63. The highest BCUT2D eigenvalue weighted by Crippen LogP contribution is 2.35. The van der Waals surface area contributed by atoms with Gasteiger partial charge in [-0.2, -0.15) is 0 Å². The number of hydrogen-bond acceptors (Lipinski definition) is 5. The van der Waals surface area contributed by atoms with E-state index in [4.69, 9.17) is 9.72 Å². The van der Waals surface area contributed by atoms with Crippen molar-refractivity contribution < 1.29 is 9.84 Å². The van der Waals surface area contributed by atoms with Crippen molar-refractivity contribution in [3.05, 3.63) is 58.0 Å². The van der Waals surface area contributed by atoms with E-state index in [2.05, 4.69) is 44.3 Å². The highest BCUT2D eigenvalue weighted by Gasteiger charge is 2.15. The van der Waals surface area contributed by atoms with E-state index in [0.29, 0.717) is 12.3 Å². The van der Waals surface area contributed by atoms with Crippen molar-refractivity contribution >= 4 is 16.5 Å². The largest absolute Gasteiger partial charge is 0.504 e. The summed E-state index contributed by atoms with van der Waals surface area (Å²) >= 11 is 1.69. The van der Waals surface area contributed by atoms with Gasteiger partial charge in [0.1, 0.15) is 0 Å². The van der Waals surface area contributed by atoms with Crippen molar-refractivity contribution in [3.63, 3.8) is 0 Å². The van der Waals surface area contributed by atoms with E-state index >= 15 is 0 Å². The van der Waals surface area contributed by atoms with Gasteiger partial charge in [0.25, 0.3) is 0 Å². The van der Waals surface area contributed by atoms with Gasteiger partial charge in [0.2, 0.25) is 0 Å². The van der Waals surface area contributed by atoms with Crippen molar-refractivity contribution in [2.45, 2.75) is 40.2 Å². The van der Waals surface area contributed by atoms with E-state index in [1.165, 1.54) is 21.6 Å². The molecule has 0 unspecified atom stereocenters. The van der Waals surface area contributed by atoms with Gasteiger partial charge < -0.3 is 15.2 Å². The van der Waals surface area contributed by atoms with Crippen LogP contribution >= 0.6 is 11.3 Å². The fourth-order valence-corrected chi connectivity index (χ4v) is 4.14. The molecule has 5 heteroatoms. The summed E-state index contributed by atoms with van der Waals surface area (Å²) in [6.07, 6.45) is 2.09. The van der Waals surface area contributed by atoms with Crippen molar-refractivity contribution in [2.24, 2.45) is 0 Å². The summed E-state index contributed by atoms with van der Waals surface area (Å²) in [7, 11) is 1.56. The minimum Gasteiger partial charge on any atom is -0.504 e. The number of nitrogens with one attached hydrogen (secondary N) is 1. The first kappa shape index (κ1) is 19.2. The van der Waals surface area contributed by atoms with Crippen molar-refractivity contribution in [3.8, 4) is 22.8 Å². The number of nitrogens with zero attached hydrogens (tertiary/aromatic N) is 1. The summed E-state index contributed by atoms with van der Waals surface area (Å²) in [5.41, 5.74) is 5.53. The molecule has 3 aromatic rings. The van der Waals surface area contributed by atoms with E-state index in [-0.39, 0.29) is 5.75 Å². The van der Waals surface area contributed by atoms with Crippen LogP contribution in [-0.4, -0.2) is 17.2 Å². The second-order valence-electron chi connectivity index (χ2n) is 6.68. The quantitative estimate of drug-likeness (QED) is 0.550. The van der Waals surface area contributed by atoms with Gasteiger partial charge in [0.15, 0.2) is 16.6 Å². The fraction of sp³-hybridized carbons (Fsp3) is 0.318. The third-order valence-electron chi connectivity index (χ3n) is 4.56. The predicted octanol–water partition coefficient (Wildman–Crippen LogP) is 5.71. The Morgan fingerprint density at radius 2 is 2.00 bits per heavy atom. The first-order valence-electron chi connectivity index (χ1n) is 9.19. The maximum atomic E-state index is 10.3. The summed E-state index contributed by atoms with van der Waals surface area (Å²) in [6, 6.07) is 12.0. The Labute approximate surface area is 164 Å². The van der Waals surface area contributed by atoms with Crippen LogP contribution in [0.25, 0.3) is 11.3 Å². The molecule has 1 aromatic heterocycles. The molecule has 0 fully saturated rings. The number of aryl methyl sites for hydroxylation is 3. The zero-order valence-electron chi connectivity index (χ0n) is 16.3. The highest BCUT2D eigenvalue weighted by molar-refractivity contribution is 7.16. The Hall–Kier alpha value is -2.53. The molecule has 0 bridgehead atoms. The minimum atomic E-state index is 0.174. The van der Waals surface area contributed by atoms with Gasteiger partial charge in [0, 0.05) is 22.5 Å². The number of anilines is 1. The number of benzene rings is 2. The Kier molecular flexibility index (Phi) is 6.01. The lowest BCUT2D eigenvalue weighted by Gasteiger charge is -2.09. The van der Waals surface area contributed by atoms with E-state index in [1.807, 2.05) is 12.1 Å². The molecule has 0 aliphatic heterocycles. The molecular formula is C22H26N2O2S. The number of methoxy groups -OCH3 is 1. The van der Waals surface area contributed by atoms with Gasteiger partial charge in [-0.1, -0.05) is 43.2 Å². The van der Waals surface area contributed by atoms with E-state index in [1.54, 1.807) is 24.5 Å². The summed E-state index contributed by atoms with van der Waals surface area (Å²) in [5, 5.41) is 14.5. The van der Waals surface area contributed by atoms with E-state index < -0.39 is 0 Å². The number of ether oxygens (including phenoxy) is 1. The van der Waals surface area contributed by atoms with Crippen molar-refractivity contribution in [1.29, 1.82) is 0 Å². The van der Waals surface area contributed by atoms with E-state index in [9.17, 15) is 5.11 Å². The van der Waals surface area contributed by atoms with Crippen LogP contribution in [0.2, 0.25) is 0 Å². The maximum Gasteiger partial charge on any atom is 0.183 e. The molecule has 1 heterocycles. The molecule has 2 N–H and O–H groups in total. The molecule has 0 atom stereocenters. The number of phenolic OH excluding ortho intramolecular Hbond substituents is 1. The van der Waals surface area contributed by atoms with Crippen LogP contribution in [0.15, 0.2) is 36.4 Å². The second kappa shape index (κ2) is 8.44. The zero-order chi connectivity index (χ0) is 19.4. The van der Waals surface area contributed by atoms with Crippen LogP contribution in [0, 0.1) is 13.8 Å². The average molecular weight is 383 g/mol. The third kappa shape index (κ3) is 4.25. The lowest BCUT2D eigenvalue weighted by atomic mass is 10.0. The second-order valence-corrected chi connectivity index (χ2v) is 7.76. The van der Waals surface area contributed by atoms with Crippen molar-refractivity contribution in [1.82, 2.24) is 4.98 Å². The zero-order valence-corrected chi connectivity index (χ0v) is 17.1. The molecule has 2 aromatic carbocycles.